The Morgan fingerprint density at radius 1 is 0.941 bits per heavy atom. The van der Waals surface area contributed by atoms with Crippen molar-refractivity contribution in [2.24, 2.45) is 0 Å². The standard InChI is InChI=1S/C28H33N3O3/c1-2-33-27-18-23(10-11-26(27)34-21-22-12-14-29-15-13-22)28(32)30-19-24-8-4-5-9-25(24)20-31-16-6-3-7-17-31/h4-5,8-15,18H,2-3,6-7,16-17,19-21H2,1H3,(H,30,32). The lowest BCUT2D eigenvalue weighted by Crippen LogP contribution is -2.30. The number of piperidine rings is 1. The normalized spacial score (nSPS) is 13.9. The Hall–Kier alpha value is -3.38. The molecule has 0 bridgehead atoms. The number of carbonyl (C=O) groups excluding carboxylic acids is 1. The average molecular weight is 460 g/mol. The number of ether oxygens (including phenoxy) is 2. The smallest absolute Gasteiger partial charge is 0.251 e. The highest BCUT2D eigenvalue weighted by molar-refractivity contribution is 5.94. The van der Waals surface area contributed by atoms with Crippen LogP contribution in [0, 0.1) is 0 Å². The molecule has 6 heteroatoms. The summed E-state index contributed by atoms with van der Waals surface area (Å²) in [6, 6.07) is 17.5. The first-order valence-corrected chi connectivity index (χ1v) is 12.1. The number of nitrogens with zero attached hydrogens (tertiary/aromatic N) is 2. The molecular weight excluding hydrogens is 426 g/mol. The van der Waals surface area contributed by atoms with Crippen LogP contribution in [0.15, 0.2) is 67.0 Å². The van der Waals surface area contributed by atoms with Crippen LogP contribution < -0.4 is 14.8 Å². The van der Waals surface area contributed by atoms with E-state index in [1.807, 2.05) is 25.1 Å². The number of amides is 1. The van der Waals surface area contributed by atoms with Gasteiger partial charge in [-0.05, 0) is 79.9 Å². The lowest BCUT2D eigenvalue weighted by Gasteiger charge is -2.27. The van der Waals surface area contributed by atoms with E-state index in [0.717, 1.165) is 30.8 Å². The third kappa shape index (κ3) is 6.58. The summed E-state index contributed by atoms with van der Waals surface area (Å²) < 4.78 is 11.7. The summed E-state index contributed by atoms with van der Waals surface area (Å²) in [4.78, 5) is 19.5. The van der Waals surface area contributed by atoms with Gasteiger partial charge in [0.1, 0.15) is 6.61 Å². The molecule has 6 nitrogen and oxygen atoms in total. The summed E-state index contributed by atoms with van der Waals surface area (Å²) in [7, 11) is 0. The molecule has 1 aromatic heterocycles. The molecule has 1 N–H and O–H groups in total. The van der Waals surface area contributed by atoms with Crippen molar-refractivity contribution < 1.29 is 14.3 Å². The molecule has 1 amide bonds. The van der Waals surface area contributed by atoms with E-state index in [0.29, 0.717) is 36.8 Å². The van der Waals surface area contributed by atoms with Gasteiger partial charge in [0.25, 0.3) is 5.91 Å². The van der Waals surface area contributed by atoms with Gasteiger partial charge in [-0.2, -0.15) is 0 Å². The van der Waals surface area contributed by atoms with Crippen molar-refractivity contribution in [2.45, 2.75) is 45.9 Å². The lowest BCUT2D eigenvalue weighted by molar-refractivity contribution is 0.0950. The van der Waals surface area contributed by atoms with Gasteiger partial charge >= 0.3 is 0 Å². The first-order valence-electron chi connectivity index (χ1n) is 12.1. The fourth-order valence-electron chi connectivity index (χ4n) is 4.20. The number of carbonyl (C=O) groups is 1. The second-order valence-electron chi connectivity index (χ2n) is 8.53. The number of hydrogen-bond acceptors (Lipinski definition) is 5. The highest BCUT2D eigenvalue weighted by atomic mass is 16.5. The summed E-state index contributed by atoms with van der Waals surface area (Å²) in [5.74, 6) is 1.05. The zero-order valence-corrected chi connectivity index (χ0v) is 19.8. The zero-order chi connectivity index (χ0) is 23.6. The van der Waals surface area contributed by atoms with Crippen LogP contribution >= 0.6 is 0 Å². The van der Waals surface area contributed by atoms with Crippen LogP contribution in [-0.4, -0.2) is 35.5 Å². The van der Waals surface area contributed by atoms with Crippen molar-refractivity contribution in [3.05, 3.63) is 89.2 Å². The van der Waals surface area contributed by atoms with E-state index in [9.17, 15) is 4.79 Å². The summed E-state index contributed by atoms with van der Waals surface area (Å²) in [6.07, 6.45) is 7.33. The van der Waals surface area contributed by atoms with Crippen LogP contribution in [0.2, 0.25) is 0 Å². The van der Waals surface area contributed by atoms with Gasteiger partial charge in [-0.25, -0.2) is 0 Å². The fraction of sp³-hybridized carbons (Fsp3) is 0.357. The van der Waals surface area contributed by atoms with E-state index < -0.39 is 0 Å². The first-order chi connectivity index (χ1) is 16.7. The Bertz CT molecular complexity index is 1070. The number of pyridine rings is 1. The van der Waals surface area contributed by atoms with Gasteiger partial charge in [0.2, 0.25) is 0 Å². The van der Waals surface area contributed by atoms with Gasteiger partial charge in [0, 0.05) is 31.0 Å². The number of benzene rings is 2. The second-order valence-corrected chi connectivity index (χ2v) is 8.53. The van der Waals surface area contributed by atoms with Crippen LogP contribution in [0.1, 0.15) is 53.2 Å². The number of aromatic nitrogens is 1. The number of rotatable bonds is 10. The van der Waals surface area contributed by atoms with Crippen LogP contribution in [0.3, 0.4) is 0 Å². The molecule has 3 aromatic rings. The molecule has 0 saturated carbocycles. The van der Waals surface area contributed by atoms with Gasteiger partial charge in [0.05, 0.1) is 6.61 Å². The molecular formula is C28H33N3O3. The van der Waals surface area contributed by atoms with Crippen LogP contribution in [0.5, 0.6) is 11.5 Å². The highest BCUT2D eigenvalue weighted by Gasteiger charge is 2.15. The molecule has 178 valence electrons. The van der Waals surface area contributed by atoms with Crippen molar-refractivity contribution in [2.75, 3.05) is 19.7 Å². The molecule has 4 rings (SSSR count). The van der Waals surface area contributed by atoms with Gasteiger partial charge in [-0.3, -0.25) is 14.7 Å². The molecule has 0 unspecified atom stereocenters. The minimum atomic E-state index is -0.130. The maximum absolute atomic E-state index is 12.9. The maximum atomic E-state index is 12.9. The van der Waals surface area contributed by atoms with Crippen molar-refractivity contribution in [3.8, 4) is 11.5 Å². The molecule has 2 aromatic carbocycles. The van der Waals surface area contributed by atoms with E-state index >= 15 is 0 Å². The predicted octanol–water partition coefficient (Wildman–Crippen LogP) is 4.98. The molecule has 1 aliphatic heterocycles. The first kappa shape index (κ1) is 23.8. The molecule has 2 heterocycles. The number of likely N-dealkylation sites (tertiary alicyclic amines) is 1. The van der Waals surface area contributed by atoms with Crippen molar-refractivity contribution >= 4 is 5.91 Å². The van der Waals surface area contributed by atoms with E-state index in [-0.39, 0.29) is 5.91 Å². The zero-order valence-electron chi connectivity index (χ0n) is 19.8. The predicted molar refractivity (Wildman–Crippen MR) is 133 cm³/mol. The Labute approximate surface area is 201 Å². The van der Waals surface area contributed by atoms with E-state index in [4.69, 9.17) is 9.47 Å². The summed E-state index contributed by atoms with van der Waals surface area (Å²) in [5, 5.41) is 3.08. The van der Waals surface area contributed by atoms with Crippen LogP contribution in [-0.2, 0) is 19.7 Å². The van der Waals surface area contributed by atoms with E-state index in [1.165, 1.54) is 24.8 Å². The SMILES string of the molecule is CCOc1cc(C(=O)NCc2ccccc2CN2CCCCC2)ccc1OCc1ccncc1. The Kier molecular flexibility index (Phi) is 8.52. The van der Waals surface area contributed by atoms with Crippen molar-refractivity contribution in [1.82, 2.24) is 15.2 Å². The fourth-order valence-corrected chi connectivity index (χ4v) is 4.20. The lowest BCUT2D eigenvalue weighted by atomic mass is 10.0. The second kappa shape index (κ2) is 12.2. The van der Waals surface area contributed by atoms with Crippen molar-refractivity contribution in [1.29, 1.82) is 0 Å². The van der Waals surface area contributed by atoms with Gasteiger partial charge in [0.15, 0.2) is 11.5 Å². The molecule has 1 saturated heterocycles. The van der Waals surface area contributed by atoms with Crippen LogP contribution in [0.4, 0.5) is 0 Å². The topological polar surface area (TPSA) is 63.7 Å². The molecule has 1 aliphatic rings. The molecule has 0 atom stereocenters. The van der Waals surface area contributed by atoms with Gasteiger partial charge in [-0.15, -0.1) is 0 Å². The largest absolute Gasteiger partial charge is 0.490 e. The maximum Gasteiger partial charge on any atom is 0.251 e. The Balaban J connectivity index is 1.39. The summed E-state index contributed by atoms with van der Waals surface area (Å²) in [6.45, 7) is 6.53. The number of nitrogens with one attached hydrogen (secondary N) is 1. The Morgan fingerprint density at radius 2 is 1.71 bits per heavy atom. The molecule has 0 aliphatic carbocycles. The van der Waals surface area contributed by atoms with Crippen molar-refractivity contribution in [3.63, 3.8) is 0 Å². The summed E-state index contributed by atoms with van der Waals surface area (Å²) in [5.41, 5.74) is 4.00. The average Bonchev–Trinajstić information content (AvgIpc) is 2.88. The van der Waals surface area contributed by atoms with Crippen LogP contribution in [0.25, 0.3) is 0 Å². The molecule has 34 heavy (non-hydrogen) atoms. The highest BCUT2D eigenvalue weighted by Crippen LogP contribution is 2.29. The minimum absolute atomic E-state index is 0.130. The monoisotopic (exact) mass is 459 g/mol. The molecule has 1 fully saturated rings. The molecule has 0 spiro atoms. The quantitative estimate of drug-likeness (QED) is 0.464. The van der Waals surface area contributed by atoms with E-state index in [1.54, 1.807) is 30.6 Å². The minimum Gasteiger partial charge on any atom is -0.490 e. The molecule has 0 radical (unpaired) electrons. The summed E-state index contributed by atoms with van der Waals surface area (Å²) >= 11 is 0. The third-order valence-corrected chi connectivity index (χ3v) is 6.05. The Morgan fingerprint density at radius 3 is 2.47 bits per heavy atom. The van der Waals surface area contributed by atoms with E-state index in [2.05, 4.69) is 33.4 Å². The third-order valence-electron chi connectivity index (χ3n) is 6.05. The van der Waals surface area contributed by atoms with Gasteiger partial charge < -0.3 is 14.8 Å². The number of hydrogen-bond donors (Lipinski definition) is 1. The van der Waals surface area contributed by atoms with Gasteiger partial charge in [-0.1, -0.05) is 30.7 Å².